The minimum Gasteiger partial charge on any atom is -0.497 e. The Morgan fingerprint density at radius 1 is 1.18 bits per heavy atom. The van der Waals surface area contributed by atoms with Gasteiger partial charge in [-0.2, -0.15) is 5.09 Å². The first-order chi connectivity index (χ1) is 15.9. The molecule has 0 radical (unpaired) electrons. The fraction of sp³-hybridized carbons (Fsp3) is 0.619. The molecule has 2 rings (SSSR count). The first-order valence-electron chi connectivity index (χ1n) is 10.8. The Kier molecular flexibility index (Phi) is 9.86. The molecule has 1 aliphatic rings. The maximum Gasteiger partial charge on any atom is 0.459 e. The molecule has 1 aromatic carbocycles. The summed E-state index contributed by atoms with van der Waals surface area (Å²) in [7, 11) is -2.73. The summed E-state index contributed by atoms with van der Waals surface area (Å²) in [4.78, 5) is 24.5. The molecule has 0 bridgehead atoms. The molecule has 12 nitrogen and oxygen atoms in total. The van der Waals surface area contributed by atoms with Crippen LogP contribution in [0.4, 0.5) is 0 Å². The largest absolute Gasteiger partial charge is 0.497 e. The fourth-order valence-corrected chi connectivity index (χ4v) is 4.82. The molecule has 4 atom stereocenters. The van der Waals surface area contributed by atoms with Gasteiger partial charge in [0.25, 0.3) is 5.91 Å². The number of benzene rings is 1. The molecule has 13 heteroatoms. The second-order valence-electron chi connectivity index (χ2n) is 8.23. The SMILES string of the molecule is CCOC(=O)[C@H](NP(=O)(OC[C@H]1OC(C)(C)O[C@H]1C(=O)NO)Oc1ccc(OC)cc1)C(C)C. The van der Waals surface area contributed by atoms with Gasteiger partial charge < -0.3 is 23.5 Å². The Morgan fingerprint density at radius 3 is 2.32 bits per heavy atom. The van der Waals surface area contributed by atoms with Crippen LogP contribution in [0.15, 0.2) is 24.3 Å². The maximum absolute atomic E-state index is 13.8. The number of carbonyl (C=O) groups is 2. The Bertz CT molecular complexity index is 877. The lowest BCUT2D eigenvalue weighted by atomic mass is 10.1. The van der Waals surface area contributed by atoms with Crippen molar-refractivity contribution in [3.05, 3.63) is 24.3 Å². The molecule has 0 spiro atoms. The summed E-state index contributed by atoms with van der Waals surface area (Å²) in [6, 6.07) is 5.22. The molecule has 34 heavy (non-hydrogen) atoms. The number of carbonyl (C=O) groups excluding carboxylic acids is 2. The number of nitrogens with one attached hydrogen (secondary N) is 2. The van der Waals surface area contributed by atoms with Crippen LogP contribution in [0.2, 0.25) is 0 Å². The second-order valence-corrected chi connectivity index (χ2v) is 9.93. The van der Waals surface area contributed by atoms with Crippen molar-refractivity contribution in [1.82, 2.24) is 10.6 Å². The van der Waals surface area contributed by atoms with Crippen LogP contribution in [0.5, 0.6) is 11.5 Å². The lowest BCUT2D eigenvalue weighted by molar-refractivity contribution is -0.160. The number of amides is 1. The molecule has 1 aromatic rings. The van der Waals surface area contributed by atoms with E-state index in [9.17, 15) is 14.2 Å². The third-order valence-corrected chi connectivity index (χ3v) is 6.28. The summed E-state index contributed by atoms with van der Waals surface area (Å²) >= 11 is 0. The fourth-order valence-electron chi connectivity index (χ4n) is 3.16. The summed E-state index contributed by atoms with van der Waals surface area (Å²) in [5, 5.41) is 11.7. The normalized spacial score (nSPS) is 22.0. The van der Waals surface area contributed by atoms with E-state index in [-0.39, 0.29) is 18.3 Å². The molecule has 1 aliphatic heterocycles. The Labute approximate surface area is 198 Å². The van der Waals surface area contributed by atoms with Gasteiger partial charge in [0.05, 0.1) is 20.3 Å². The van der Waals surface area contributed by atoms with Crippen molar-refractivity contribution in [1.29, 1.82) is 0 Å². The molecule has 1 heterocycles. The topological polar surface area (TPSA) is 151 Å². The predicted molar refractivity (Wildman–Crippen MR) is 119 cm³/mol. The van der Waals surface area contributed by atoms with Gasteiger partial charge in [-0.1, -0.05) is 13.8 Å². The smallest absolute Gasteiger partial charge is 0.459 e. The van der Waals surface area contributed by atoms with E-state index in [0.717, 1.165) is 0 Å². The number of methoxy groups -OCH3 is 1. The number of hydroxylamine groups is 1. The molecular formula is C21H33N2O10P. The highest BCUT2D eigenvalue weighted by molar-refractivity contribution is 7.52. The molecule has 192 valence electrons. The van der Waals surface area contributed by atoms with Crippen molar-refractivity contribution in [3.63, 3.8) is 0 Å². The molecule has 0 saturated carbocycles. The highest BCUT2D eigenvalue weighted by atomic mass is 31.2. The van der Waals surface area contributed by atoms with Gasteiger partial charge in [-0.05, 0) is 51.0 Å². The van der Waals surface area contributed by atoms with Crippen molar-refractivity contribution in [2.24, 2.45) is 5.92 Å². The van der Waals surface area contributed by atoms with Crippen LogP contribution >= 0.6 is 7.75 Å². The molecule has 3 N–H and O–H groups in total. The first-order valence-corrected chi connectivity index (χ1v) is 12.3. The molecule has 1 saturated heterocycles. The quantitative estimate of drug-likeness (QED) is 0.167. The molecule has 1 fully saturated rings. The van der Waals surface area contributed by atoms with Crippen molar-refractivity contribution >= 4 is 19.6 Å². The van der Waals surface area contributed by atoms with Gasteiger partial charge in [-0.15, -0.1) is 0 Å². The van der Waals surface area contributed by atoms with Crippen LogP contribution in [0.1, 0.15) is 34.6 Å². The highest BCUT2D eigenvalue weighted by Gasteiger charge is 2.47. The van der Waals surface area contributed by atoms with Gasteiger partial charge in [0.15, 0.2) is 11.9 Å². The zero-order valence-electron chi connectivity index (χ0n) is 20.1. The minimum atomic E-state index is -4.23. The van der Waals surface area contributed by atoms with E-state index in [1.54, 1.807) is 46.8 Å². The van der Waals surface area contributed by atoms with Gasteiger partial charge >= 0.3 is 13.7 Å². The van der Waals surface area contributed by atoms with Crippen LogP contribution in [-0.4, -0.2) is 61.4 Å². The minimum absolute atomic E-state index is 0.133. The van der Waals surface area contributed by atoms with Crippen molar-refractivity contribution in [3.8, 4) is 11.5 Å². The summed E-state index contributed by atoms with van der Waals surface area (Å²) in [5.41, 5.74) is 1.51. The number of hydrogen-bond acceptors (Lipinski definition) is 10. The highest BCUT2D eigenvalue weighted by Crippen LogP contribution is 2.46. The van der Waals surface area contributed by atoms with Gasteiger partial charge in [-0.3, -0.25) is 19.3 Å². The van der Waals surface area contributed by atoms with Gasteiger partial charge in [0.2, 0.25) is 0 Å². The average Bonchev–Trinajstić information content (AvgIpc) is 3.10. The van der Waals surface area contributed by atoms with Crippen LogP contribution in [0.3, 0.4) is 0 Å². The van der Waals surface area contributed by atoms with E-state index in [0.29, 0.717) is 5.75 Å². The molecule has 0 aromatic heterocycles. The Balaban J connectivity index is 2.28. The third-order valence-electron chi connectivity index (χ3n) is 4.75. The number of rotatable bonds is 12. The van der Waals surface area contributed by atoms with E-state index in [1.165, 1.54) is 24.7 Å². The summed E-state index contributed by atoms with van der Waals surface area (Å²) in [6.07, 6.45) is -2.27. The summed E-state index contributed by atoms with van der Waals surface area (Å²) in [5.74, 6) is -2.24. The van der Waals surface area contributed by atoms with E-state index < -0.39 is 50.3 Å². The van der Waals surface area contributed by atoms with Crippen LogP contribution in [0.25, 0.3) is 0 Å². The number of esters is 1. The maximum atomic E-state index is 13.8. The lowest BCUT2D eigenvalue weighted by Crippen LogP contribution is -2.43. The van der Waals surface area contributed by atoms with Gasteiger partial charge in [-0.25, -0.2) is 10.0 Å². The monoisotopic (exact) mass is 504 g/mol. The third kappa shape index (κ3) is 7.66. The predicted octanol–water partition coefficient (Wildman–Crippen LogP) is 2.40. The zero-order chi connectivity index (χ0) is 25.5. The van der Waals surface area contributed by atoms with E-state index in [4.69, 9.17) is 33.2 Å². The molecular weight excluding hydrogens is 471 g/mol. The molecule has 1 unspecified atom stereocenters. The average molecular weight is 504 g/mol. The Hall–Kier alpha value is -2.21. The van der Waals surface area contributed by atoms with Gasteiger partial charge in [0.1, 0.15) is 23.6 Å². The van der Waals surface area contributed by atoms with E-state index in [1.807, 2.05) is 0 Å². The summed E-state index contributed by atoms with van der Waals surface area (Å²) in [6.45, 7) is 8.00. The van der Waals surface area contributed by atoms with E-state index in [2.05, 4.69) is 5.09 Å². The van der Waals surface area contributed by atoms with Crippen LogP contribution in [-0.2, 0) is 32.9 Å². The number of hydrogen-bond donors (Lipinski definition) is 3. The van der Waals surface area contributed by atoms with Crippen molar-refractivity contribution in [2.75, 3.05) is 20.3 Å². The van der Waals surface area contributed by atoms with Crippen LogP contribution in [0, 0.1) is 5.92 Å². The molecule has 1 amide bonds. The standard InChI is InChI=1S/C21H33N2O10P/c1-7-29-20(25)17(13(2)3)23-34(27,33-15-10-8-14(28-6)9-11-15)30-12-16-18(19(24)22-26)32-21(4,5)31-16/h8-11,13,16-18,26H,7,12H2,1-6H3,(H,22,24)(H,23,27)/t16-,17-,18-,34?/m1/s1. The van der Waals surface area contributed by atoms with E-state index >= 15 is 0 Å². The van der Waals surface area contributed by atoms with Crippen LogP contribution < -0.4 is 19.8 Å². The zero-order valence-corrected chi connectivity index (χ0v) is 21.0. The molecule has 0 aliphatic carbocycles. The van der Waals surface area contributed by atoms with Crippen molar-refractivity contribution < 1.29 is 47.4 Å². The summed E-state index contributed by atoms with van der Waals surface area (Å²) < 4.78 is 46.4. The number of ether oxygens (including phenoxy) is 4. The first kappa shape index (κ1) is 28.0. The van der Waals surface area contributed by atoms with Gasteiger partial charge in [0, 0.05) is 0 Å². The van der Waals surface area contributed by atoms with Crippen molar-refractivity contribution in [2.45, 2.75) is 58.7 Å². The lowest BCUT2D eigenvalue weighted by Gasteiger charge is -2.27. The Morgan fingerprint density at radius 2 is 1.79 bits per heavy atom. The second kappa shape index (κ2) is 12.0.